The van der Waals surface area contributed by atoms with Gasteiger partial charge in [-0.05, 0) is 61.5 Å². The average molecular weight is 396 g/mol. The van der Waals surface area contributed by atoms with Gasteiger partial charge < -0.3 is 16.0 Å². The quantitative estimate of drug-likeness (QED) is 0.595. The summed E-state index contributed by atoms with van der Waals surface area (Å²) in [5, 5.41) is 9.12. The Balaban J connectivity index is 1.74. The fourth-order valence-corrected chi connectivity index (χ4v) is 2.56. The Morgan fingerprint density at radius 2 is 1.43 bits per heavy atom. The summed E-state index contributed by atoms with van der Waals surface area (Å²) in [4.78, 5) is 32.2. The molecule has 3 aromatic rings. The van der Waals surface area contributed by atoms with Crippen molar-refractivity contribution in [3.05, 3.63) is 71.0 Å². The van der Waals surface area contributed by atoms with Crippen molar-refractivity contribution in [2.24, 2.45) is 0 Å². The summed E-state index contributed by atoms with van der Waals surface area (Å²) in [6.45, 7) is 3.23. The normalized spacial score (nSPS) is 10.2. The van der Waals surface area contributed by atoms with Crippen molar-refractivity contribution in [1.29, 1.82) is 0 Å². The van der Waals surface area contributed by atoms with Gasteiger partial charge in [-0.2, -0.15) is 0 Å². The fraction of sp³-hybridized carbons (Fsp3) is 0.100. The van der Waals surface area contributed by atoms with E-state index < -0.39 is 0 Å². The highest BCUT2D eigenvalue weighted by Gasteiger charge is 2.11. The third-order valence-electron chi connectivity index (χ3n) is 3.65. The number of benzene rings is 2. The number of aryl methyl sites for hydroxylation is 1. The van der Waals surface area contributed by atoms with Gasteiger partial charge in [0.1, 0.15) is 5.69 Å². The van der Waals surface area contributed by atoms with Crippen LogP contribution in [0, 0.1) is 6.92 Å². The van der Waals surface area contributed by atoms with E-state index in [2.05, 4.69) is 25.9 Å². The average Bonchev–Trinajstić information content (AvgIpc) is 2.64. The molecule has 0 saturated heterocycles. The molecule has 0 radical (unpaired) electrons. The fourth-order valence-electron chi connectivity index (χ4n) is 2.44. The molecular weight excluding hydrogens is 378 g/mol. The number of carbonyl (C=O) groups is 2. The molecule has 0 bridgehead atoms. The van der Waals surface area contributed by atoms with Gasteiger partial charge in [-0.25, -0.2) is 9.97 Å². The zero-order valence-electron chi connectivity index (χ0n) is 15.3. The van der Waals surface area contributed by atoms with Gasteiger partial charge in [0.2, 0.25) is 11.9 Å². The number of nitrogens with zero attached hydrogens (tertiary/aromatic N) is 2. The third kappa shape index (κ3) is 5.28. The summed E-state index contributed by atoms with van der Waals surface area (Å²) in [6, 6.07) is 15.5. The lowest BCUT2D eigenvalue weighted by atomic mass is 10.2. The number of hydrogen-bond acceptors (Lipinski definition) is 5. The molecule has 2 aromatic carbocycles. The predicted molar refractivity (Wildman–Crippen MR) is 110 cm³/mol. The van der Waals surface area contributed by atoms with E-state index in [9.17, 15) is 9.59 Å². The first-order valence-electron chi connectivity index (χ1n) is 8.46. The molecule has 28 heavy (non-hydrogen) atoms. The maximum atomic E-state index is 12.5. The van der Waals surface area contributed by atoms with Gasteiger partial charge >= 0.3 is 0 Å². The van der Waals surface area contributed by atoms with Crippen molar-refractivity contribution in [2.75, 3.05) is 16.0 Å². The molecule has 0 aliphatic rings. The Morgan fingerprint density at radius 1 is 0.857 bits per heavy atom. The largest absolute Gasteiger partial charge is 0.326 e. The maximum Gasteiger partial charge on any atom is 0.274 e. The van der Waals surface area contributed by atoms with Crippen molar-refractivity contribution in [3.63, 3.8) is 0 Å². The summed E-state index contributed by atoms with van der Waals surface area (Å²) in [5.74, 6) is -0.190. The lowest BCUT2D eigenvalue weighted by Gasteiger charge is -2.10. The van der Waals surface area contributed by atoms with Crippen molar-refractivity contribution in [3.8, 4) is 0 Å². The highest BCUT2D eigenvalue weighted by molar-refractivity contribution is 6.30. The van der Waals surface area contributed by atoms with Crippen LogP contribution >= 0.6 is 11.6 Å². The molecule has 0 aliphatic carbocycles. The summed E-state index contributed by atoms with van der Waals surface area (Å²) in [7, 11) is 0. The second kappa shape index (κ2) is 8.49. The van der Waals surface area contributed by atoms with Crippen molar-refractivity contribution < 1.29 is 9.59 Å². The van der Waals surface area contributed by atoms with Crippen LogP contribution in [0.1, 0.15) is 23.1 Å². The Labute approximate surface area is 167 Å². The molecule has 0 unspecified atom stereocenters. The molecule has 7 nitrogen and oxygen atoms in total. The monoisotopic (exact) mass is 395 g/mol. The molecule has 3 N–H and O–H groups in total. The minimum absolute atomic E-state index is 0.140. The number of amides is 2. The number of nitrogens with one attached hydrogen (secondary N) is 3. The first-order valence-corrected chi connectivity index (χ1v) is 8.84. The molecule has 0 aliphatic heterocycles. The molecule has 2 amide bonds. The zero-order valence-corrected chi connectivity index (χ0v) is 16.0. The minimum atomic E-state index is -0.350. The molecule has 1 heterocycles. The van der Waals surface area contributed by atoms with Crippen LogP contribution in [0.25, 0.3) is 0 Å². The lowest BCUT2D eigenvalue weighted by Crippen LogP contribution is -2.15. The van der Waals surface area contributed by atoms with E-state index in [1.807, 2.05) is 0 Å². The molecule has 0 spiro atoms. The minimum Gasteiger partial charge on any atom is -0.326 e. The zero-order chi connectivity index (χ0) is 20.1. The van der Waals surface area contributed by atoms with Crippen LogP contribution in [0.5, 0.6) is 0 Å². The smallest absolute Gasteiger partial charge is 0.274 e. The topological polar surface area (TPSA) is 96.0 Å². The van der Waals surface area contributed by atoms with Gasteiger partial charge in [-0.3, -0.25) is 9.59 Å². The highest BCUT2D eigenvalue weighted by atomic mass is 35.5. The molecule has 3 rings (SSSR count). The maximum absolute atomic E-state index is 12.5. The predicted octanol–water partition coefficient (Wildman–Crippen LogP) is 4.39. The number of anilines is 4. The summed E-state index contributed by atoms with van der Waals surface area (Å²) in [6.07, 6.45) is 0. The van der Waals surface area contributed by atoms with E-state index in [1.54, 1.807) is 61.5 Å². The standard InChI is InChI=1S/C20H18ClN5O2/c1-12-11-18(19(28)24-16-5-3-14(21)4-6-16)26-20(22-12)25-17-9-7-15(8-10-17)23-13(2)27/h3-11H,1-2H3,(H,23,27)(H,24,28)(H,22,25,26). The number of carbonyl (C=O) groups excluding carboxylic acids is 2. The number of hydrogen-bond donors (Lipinski definition) is 3. The Bertz CT molecular complexity index is 1000. The van der Waals surface area contributed by atoms with Crippen molar-refractivity contribution in [1.82, 2.24) is 9.97 Å². The molecule has 0 atom stereocenters. The lowest BCUT2D eigenvalue weighted by molar-refractivity contribution is -0.114. The van der Waals surface area contributed by atoms with Gasteiger partial charge in [0.15, 0.2) is 0 Å². The number of halogens is 1. The van der Waals surface area contributed by atoms with Crippen LogP contribution in [-0.2, 0) is 4.79 Å². The molecule has 8 heteroatoms. The third-order valence-corrected chi connectivity index (χ3v) is 3.90. The first kappa shape index (κ1) is 19.3. The number of rotatable bonds is 5. The van der Waals surface area contributed by atoms with Crippen LogP contribution in [0.4, 0.5) is 23.0 Å². The van der Waals surface area contributed by atoms with Gasteiger partial charge in [0.25, 0.3) is 5.91 Å². The molecule has 142 valence electrons. The van der Waals surface area contributed by atoms with E-state index in [0.29, 0.717) is 28.0 Å². The van der Waals surface area contributed by atoms with Crippen LogP contribution in [0.15, 0.2) is 54.6 Å². The van der Waals surface area contributed by atoms with E-state index in [0.717, 1.165) is 5.69 Å². The van der Waals surface area contributed by atoms with Gasteiger partial charge in [0, 0.05) is 34.7 Å². The summed E-state index contributed by atoms with van der Waals surface area (Å²) >= 11 is 5.86. The SMILES string of the molecule is CC(=O)Nc1ccc(Nc2nc(C)cc(C(=O)Nc3ccc(Cl)cc3)n2)cc1. The van der Waals surface area contributed by atoms with Gasteiger partial charge in [-0.15, -0.1) is 0 Å². The number of aromatic nitrogens is 2. The van der Waals surface area contributed by atoms with Crippen molar-refractivity contribution >= 4 is 46.4 Å². The highest BCUT2D eigenvalue weighted by Crippen LogP contribution is 2.18. The van der Waals surface area contributed by atoms with E-state index in [-0.39, 0.29) is 17.5 Å². The molecule has 1 aromatic heterocycles. The Kier molecular flexibility index (Phi) is 5.86. The van der Waals surface area contributed by atoms with Crippen LogP contribution in [0.3, 0.4) is 0 Å². The van der Waals surface area contributed by atoms with Gasteiger partial charge in [0.05, 0.1) is 0 Å². The van der Waals surface area contributed by atoms with Gasteiger partial charge in [-0.1, -0.05) is 11.6 Å². The van der Waals surface area contributed by atoms with Crippen LogP contribution in [0.2, 0.25) is 5.02 Å². The van der Waals surface area contributed by atoms with E-state index >= 15 is 0 Å². The van der Waals surface area contributed by atoms with Crippen LogP contribution < -0.4 is 16.0 Å². The molecule has 0 fully saturated rings. The van der Waals surface area contributed by atoms with Crippen molar-refractivity contribution in [2.45, 2.75) is 13.8 Å². The molecular formula is C20H18ClN5O2. The first-order chi connectivity index (χ1) is 13.4. The second-order valence-corrected chi connectivity index (χ2v) is 6.50. The van der Waals surface area contributed by atoms with E-state index in [1.165, 1.54) is 6.92 Å². The summed E-state index contributed by atoms with van der Waals surface area (Å²) in [5.41, 5.74) is 2.91. The Hall–Kier alpha value is -3.45. The molecule has 0 saturated carbocycles. The Morgan fingerprint density at radius 3 is 2.07 bits per heavy atom. The summed E-state index contributed by atoms with van der Waals surface area (Å²) < 4.78 is 0. The van der Waals surface area contributed by atoms with Crippen LogP contribution in [-0.4, -0.2) is 21.8 Å². The van der Waals surface area contributed by atoms with E-state index in [4.69, 9.17) is 11.6 Å². The second-order valence-electron chi connectivity index (χ2n) is 6.06.